The summed E-state index contributed by atoms with van der Waals surface area (Å²) < 4.78 is 2.12. The molecule has 3 aromatic rings. The molecule has 0 N–H and O–H groups in total. The largest absolute Gasteiger partial charge is 0.311 e. The number of amides is 1. The summed E-state index contributed by atoms with van der Waals surface area (Å²) in [6, 6.07) is 18.5. The monoisotopic (exact) mass is 406 g/mol. The first kappa shape index (κ1) is 19.7. The molecule has 5 nitrogen and oxygen atoms in total. The Hall–Kier alpha value is -2.60. The Labute approximate surface area is 176 Å². The summed E-state index contributed by atoms with van der Waals surface area (Å²) in [6.07, 6.45) is 2.78. The van der Waals surface area contributed by atoms with Crippen LogP contribution in [0, 0.1) is 0 Å². The van der Waals surface area contributed by atoms with E-state index in [-0.39, 0.29) is 11.2 Å². The quantitative estimate of drug-likeness (QED) is 0.571. The minimum absolute atomic E-state index is 0.136. The molecule has 29 heavy (non-hydrogen) atoms. The van der Waals surface area contributed by atoms with E-state index in [1.807, 2.05) is 42.2 Å². The number of para-hydroxylation sites is 1. The van der Waals surface area contributed by atoms with Gasteiger partial charge in [0.15, 0.2) is 5.16 Å². The second-order valence-electron chi connectivity index (χ2n) is 7.29. The Kier molecular flexibility index (Phi) is 6.00. The van der Waals surface area contributed by atoms with Crippen molar-refractivity contribution in [2.24, 2.45) is 0 Å². The third-order valence-electron chi connectivity index (χ3n) is 5.32. The molecule has 0 saturated carbocycles. The molecule has 2 aromatic carbocycles. The van der Waals surface area contributed by atoms with Crippen molar-refractivity contribution in [2.75, 3.05) is 11.4 Å². The van der Waals surface area contributed by atoms with Gasteiger partial charge in [0.2, 0.25) is 5.91 Å². The highest BCUT2D eigenvalue weighted by Gasteiger charge is 2.28. The van der Waals surface area contributed by atoms with Crippen molar-refractivity contribution in [3.05, 3.63) is 71.5 Å². The molecular formula is C23H26N4OS. The number of hydrogen-bond acceptors (Lipinski definition) is 4. The van der Waals surface area contributed by atoms with Crippen LogP contribution in [0.5, 0.6) is 0 Å². The molecule has 2 heterocycles. The summed E-state index contributed by atoms with van der Waals surface area (Å²) in [5.74, 6) is 1.07. The SMILES string of the molecule is CCn1c(Cc2ccccc2)nnc1SC(C)C(=O)N1CCCc2ccccc21. The Bertz CT molecular complexity index is 986. The predicted molar refractivity (Wildman–Crippen MR) is 117 cm³/mol. The molecule has 1 aliphatic rings. The second kappa shape index (κ2) is 8.82. The third kappa shape index (κ3) is 4.22. The van der Waals surface area contributed by atoms with E-state index in [9.17, 15) is 4.79 Å². The molecule has 1 amide bonds. The van der Waals surface area contributed by atoms with Crippen molar-refractivity contribution in [3.63, 3.8) is 0 Å². The van der Waals surface area contributed by atoms with Crippen LogP contribution in [-0.4, -0.2) is 32.5 Å². The lowest BCUT2D eigenvalue weighted by molar-refractivity contribution is -0.117. The van der Waals surface area contributed by atoms with E-state index >= 15 is 0 Å². The topological polar surface area (TPSA) is 51.0 Å². The molecule has 1 atom stereocenters. The van der Waals surface area contributed by atoms with Gasteiger partial charge in [0.25, 0.3) is 0 Å². The van der Waals surface area contributed by atoms with Gasteiger partial charge in [-0.1, -0.05) is 60.3 Å². The van der Waals surface area contributed by atoms with Crippen LogP contribution in [0.2, 0.25) is 0 Å². The van der Waals surface area contributed by atoms with Crippen LogP contribution in [0.4, 0.5) is 5.69 Å². The average Bonchev–Trinajstić information content (AvgIpc) is 3.14. The van der Waals surface area contributed by atoms with Gasteiger partial charge in [-0.05, 0) is 43.9 Å². The maximum Gasteiger partial charge on any atom is 0.240 e. The number of fused-ring (bicyclic) bond motifs is 1. The minimum atomic E-state index is -0.222. The Morgan fingerprint density at radius 3 is 2.66 bits per heavy atom. The molecule has 4 rings (SSSR count). The lowest BCUT2D eigenvalue weighted by atomic mass is 10.0. The van der Waals surface area contributed by atoms with Gasteiger partial charge in [0, 0.05) is 25.2 Å². The number of nitrogens with zero attached hydrogens (tertiary/aromatic N) is 4. The number of hydrogen-bond donors (Lipinski definition) is 0. The summed E-state index contributed by atoms with van der Waals surface area (Å²) in [5, 5.41) is 9.40. The van der Waals surface area contributed by atoms with Crippen molar-refractivity contribution >= 4 is 23.4 Å². The predicted octanol–water partition coefficient (Wildman–Crippen LogP) is 4.35. The van der Waals surface area contributed by atoms with Crippen LogP contribution in [0.25, 0.3) is 0 Å². The van der Waals surface area contributed by atoms with Gasteiger partial charge in [-0.25, -0.2) is 0 Å². The first-order chi connectivity index (χ1) is 14.2. The van der Waals surface area contributed by atoms with Gasteiger partial charge < -0.3 is 9.47 Å². The lowest BCUT2D eigenvalue weighted by Gasteiger charge is -2.31. The van der Waals surface area contributed by atoms with E-state index in [1.165, 1.54) is 22.9 Å². The molecule has 0 spiro atoms. The van der Waals surface area contributed by atoms with E-state index in [2.05, 4.69) is 46.0 Å². The Morgan fingerprint density at radius 1 is 1.10 bits per heavy atom. The number of rotatable bonds is 6. The zero-order chi connectivity index (χ0) is 20.2. The molecule has 1 aliphatic heterocycles. The molecule has 1 unspecified atom stereocenters. The van der Waals surface area contributed by atoms with E-state index in [0.717, 1.165) is 49.0 Å². The second-order valence-corrected chi connectivity index (χ2v) is 8.60. The highest BCUT2D eigenvalue weighted by Crippen LogP contribution is 2.31. The van der Waals surface area contributed by atoms with Gasteiger partial charge in [0.1, 0.15) is 5.82 Å². The minimum Gasteiger partial charge on any atom is -0.311 e. The lowest BCUT2D eigenvalue weighted by Crippen LogP contribution is -2.40. The normalized spacial score (nSPS) is 14.5. The van der Waals surface area contributed by atoms with Gasteiger partial charge in [-0.3, -0.25) is 4.79 Å². The summed E-state index contributed by atoms with van der Waals surface area (Å²) in [6.45, 7) is 5.62. The summed E-state index contributed by atoms with van der Waals surface area (Å²) in [4.78, 5) is 15.1. The smallest absolute Gasteiger partial charge is 0.240 e. The molecule has 0 radical (unpaired) electrons. The number of thioether (sulfide) groups is 1. The number of aryl methyl sites for hydroxylation is 1. The van der Waals surface area contributed by atoms with Crippen molar-refractivity contribution in [2.45, 2.75) is 50.1 Å². The third-order valence-corrected chi connectivity index (χ3v) is 6.39. The van der Waals surface area contributed by atoms with Crippen molar-refractivity contribution in [3.8, 4) is 0 Å². The summed E-state index contributed by atoms with van der Waals surface area (Å²) in [7, 11) is 0. The number of aromatic nitrogens is 3. The first-order valence-electron chi connectivity index (χ1n) is 10.2. The van der Waals surface area contributed by atoms with Crippen LogP contribution in [0.15, 0.2) is 59.8 Å². The zero-order valence-corrected chi connectivity index (χ0v) is 17.7. The van der Waals surface area contributed by atoms with Gasteiger partial charge in [-0.15, -0.1) is 10.2 Å². The van der Waals surface area contributed by atoms with E-state index in [1.54, 1.807) is 0 Å². The summed E-state index contributed by atoms with van der Waals surface area (Å²) >= 11 is 1.50. The maximum atomic E-state index is 13.2. The first-order valence-corrected chi connectivity index (χ1v) is 11.1. The van der Waals surface area contributed by atoms with Crippen LogP contribution >= 0.6 is 11.8 Å². The van der Waals surface area contributed by atoms with Crippen LogP contribution < -0.4 is 4.90 Å². The van der Waals surface area contributed by atoms with Crippen molar-refractivity contribution in [1.82, 2.24) is 14.8 Å². The van der Waals surface area contributed by atoms with Gasteiger partial charge >= 0.3 is 0 Å². The fourth-order valence-electron chi connectivity index (χ4n) is 3.82. The maximum absolute atomic E-state index is 13.2. The fraction of sp³-hybridized carbons (Fsp3) is 0.348. The molecule has 0 saturated heterocycles. The molecule has 6 heteroatoms. The van der Waals surface area contributed by atoms with Crippen LogP contribution in [-0.2, 0) is 24.2 Å². The number of benzene rings is 2. The Balaban J connectivity index is 1.50. The van der Waals surface area contributed by atoms with Gasteiger partial charge in [0.05, 0.1) is 5.25 Å². The standard InChI is InChI=1S/C23H26N4OS/c1-3-26-21(16-18-10-5-4-6-11-18)24-25-23(26)29-17(2)22(28)27-15-9-13-19-12-7-8-14-20(19)27/h4-8,10-12,14,17H,3,9,13,15-16H2,1-2H3. The van der Waals surface area contributed by atoms with Crippen molar-refractivity contribution < 1.29 is 4.79 Å². The van der Waals surface area contributed by atoms with E-state index < -0.39 is 0 Å². The molecule has 1 aromatic heterocycles. The highest BCUT2D eigenvalue weighted by atomic mass is 32.2. The number of carbonyl (C=O) groups excluding carboxylic acids is 1. The van der Waals surface area contributed by atoms with Crippen molar-refractivity contribution in [1.29, 1.82) is 0 Å². The highest BCUT2D eigenvalue weighted by molar-refractivity contribution is 8.00. The van der Waals surface area contributed by atoms with Crippen LogP contribution in [0.3, 0.4) is 0 Å². The average molecular weight is 407 g/mol. The zero-order valence-electron chi connectivity index (χ0n) is 16.9. The molecule has 0 bridgehead atoms. The van der Waals surface area contributed by atoms with E-state index in [4.69, 9.17) is 0 Å². The molecule has 0 fully saturated rings. The fourth-order valence-corrected chi connectivity index (χ4v) is 4.82. The van der Waals surface area contributed by atoms with Gasteiger partial charge in [-0.2, -0.15) is 0 Å². The molecular weight excluding hydrogens is 380 g/mol. The molecule has 150 valence electrons. The number of anilines is 1. The number of carbonyl (C=O) groups is 1. The molecule has 0 aliphatic carbocycles. The van der Waals surface area contributed by atoms with E-state index in [0.29, 0.717) is 0 Å². The Morgan fingerprint density at radius 2 is 1.86 bits per heavy atom. The van der Waals surface area contributed by atoms with Crippen LogP contribution in [0.1, 0.15) is 37.2 Å². The summed E-state index contributed by atoms with van der Waals surface area (Å²) in [5.41, 5.74) is 3.52.